The number of rotatable bonds is 2. The first kappa shape index (κ1) is 9.94. The number of aromatic nitrogens is 2. The molecule has 1 heterocycles. The first-order valence-electron chi connectivity index (χ1n) is 4.21. The number of H-pyrrole nitrogens is 1. The third kappa shape index (κ3) is 1.79. The van der Waals surface area contributed by atoms with E-state index in [1.165, 1.54) is 12.1 Å². The van der Waals surface area contributed by atoms with E-state index >= 15 is 0 Å². The molecule has 0 amide bonds. The summed E-state index contributed by atoms with van der Waals surface area (Å²) in [6.07, 6.45) is 0. The molecule has 0 saturated carbocycles. The standard InChI is InChI=1S/C8H10N4O2S/c1-10-8-11-6-3-2-5(15(9,13)14)4-7(6)12-8/h2-4H,1H3,(H2,9,13,14)(H2,10,11,12). The van der Waals surface area contributed by atoms with E-state index in [2.05, 4.69) is 15.3 Å². The summed E-state index contributed by atoms with van der Waals surface area (Å²) < 4.78 is 22.2. The van der Waals surface area contributed by atoms with Gasteiger partial charge in [0.25, 0.3) is 0 Å². The summed E-state index contributed by atoms with van der Waals surface area (Å²) in [6, 6.07) is 4.49. The number of nitrogens with one attached hydrogen (secondary N) is 2. The third-order valence-electron chi connectivity index (χ3n) is 2.02. The Labute approximate surface area is 86.6 Å². The second-order valence-electron chi connectivity index (χ2n) is 3.06. The van der Waals surface area contributed by atoms with Gasteiger partial charge in [-0.2, -0.15) is 0 Å². The average molecular weight is 226 g/mol. The molecule has 4 N–H and O–H groups in total. The van der Waals surface area contributed by atoms with E-state index in [4.69, 9.17) is 5.14 Å². The monoisotopic (exact) mass is 226 g/mol. The Hall–Kier alpha value is -1.60. The number of nitrogens with zero attached hydrogens (tertiary/aromatic N) is 1. The van der Waals surface area contributed by atoms with Crippen LogP contribution in [0.4, 0.5) is 5.95 Å². The Morgan fingerprint density at radius 2 is 2.20 bits per heavy atom. The molecule has 0 aliphatic rings. The second kappa shape index (κ2) is 3.21. The van der Waals surface area contributed by atoms with Gasteiger partial charge in [0.05, 0.1) is 15.9 Å². The summed E-state index contributed by atoms with van der Waals surface area (Å²) in [4.78, 5) is 7.14. The lowest BCUT2D eigenvalue weighted by molar-refractivity contribution is 0.598. The number of nitrogens with two attached hydrogens (primary N) is 1. The van der Waals surface area contributed by atoms with Crippen molar-refractivity contribution in [1.29, 1.82) is 0 Å². The largest absolute Gasteiger partial charge is 0.359 e. The molecule has 0 atom stereocenters. The molecule has 0 fully saturated rings. The van der Waals surface area contributed by atoms with Gasteiger partial charge in [-0.15, -0.1) is 0 Å². The van der Waals surface area contributed by atoms with Crippen LogP contribution in [-0.4, -0.2) is 25.4 Å². The van der Waals surface area contributed by atoms with E-state index in [0.717, 1.165) is 0 Å². The number of aromatic amines is 1. The van der Waals surface area contributed by atoms with Gasteiger partial charge in [-0.05, 0) is 18.2 Å². The van der Waals surface area contributed by atoms with E-state index in [-0.39, 0.29) is 4.90 Å². The van der Waals surface area contributed by atoms with Crippen molar-refractivity contribution in [2.24, 2.45) is 5.14 Å². The molecular formula is C8H10N4O2S. The highest BCUT2D eigenvalue weighted by Crippen LogP contribution is 2.17. The topological polar surface area (TPSA) is 101 Å². The van der Waals surface area contributed by atoms with Crippen LogP contribution in [0, 0.1) is 0 Å². The van der Waals surface area contributed by atoms with Crippen molar-refractivity contribution in [3.8, 4) is 0 Å². The highest BCUT2D eigenvalue weighted by Gasteiger charge is 2.09. The van der Waals surface area contributed by atoms with Crippen LogP contribution >= 0.6 is 0 Å². The molecule has 0 aliphatic carbocycles. The number of imidazole rings is 1. The second-order valence-corrected chi connectivity index (χ2v) is 4.62. The molecule has 0 radical (unpaired) electrons. The molecule has 0 saturated heterocycles. The molecule has 1 aromatic carbocycles. The zero-order chi connectivity index (χ0) is 11.1. The van der Waals surface area contributed by atoms with E-state index in [9.17, 15) is 8.42 Å². The van der Waals surface area contributed by atoms with Crippen LogP contribution in [0.2, 0.25) is 0 Å². The van der Waals surface area contributed by atoms with Crippen LogP contribution in [0.5, 0.6) is 0 Å². The summed E-state index contributed by atoms with van der Waals surface area (Å²) in [7, 11) is -1.94. The van der Waals surface area contributed by atoms with Crippen molar-refractivity contribution >= 4 is 27.0 Å². The van der Waals surface area contributed by atoms with Gasteiger partial charge in [0.15, 0.2) is 0 Å². The van der Waals surface area contributed by atoms with E-state index in [0.29, 0.717) is 17.0 Å². The molecule has 80 valence electrons. The molecule has 1 aromatic heterocycles. The molecule has 15 heavy (non-hydrogen) atoms. The summed E-state index contributed by atoms with van der Waals surface area (Å²) in [5.74, 6) is 0.580. The van der Waals surface area contributed by atoms with Gasteiger partial charge in [-0.3, -0.25) is 0 Å². The lowest BCUT2D eigenvalue weighted by Crippen LogP contribution is -2.11. The lowest BCUT2D eigenvalue weighted by Gasteiger charge is -1.96. The minimum atomic E-state index is -3.66. The lowest BCUT2D eigenvalue weighted by atomic mass is 10.3. The van der Waals surface area contributed by atoms with Crippen LogP contribution in [0.1, 0.15) is 0 Å². The highest BCUT2D eigenvalue weighted by molar-refractivity contribution is 7.89. The van der Waals surface area contributed by atoms with Gasteiger partial charge in [0.2, 0.25) is 16.0 Å². The van der Waals surface area contributed by atoms with Crippen molar-refractivity contribution in [2.75, 3.05) is 12.4 Å². The summed E-state index contributed by atoms with van der Waals surface area (Å²) in [5.41, 5.74) is 1.32. The van der Waals surface area contributed by atoms with Crippen LogP contribution in [0.15, 0.2) is 23.1 Å². The molecule has 6 nitrogen and oxygen atoms in total. The Morgan fingerprint density at radius 3 is 2.80 bits per heavy atom. The minimum Gasteiger partial charge on any atom is -0.359 e. The number of primary sulfonamides is 1. The first-order valence-corrected chi connectivity index (χ1v) is 5.75. The molecule has 2 aromatic rings. The predicted octanol–water partition coefficient (Wildman–Crippen LogP) is 0.252. The number of anilines is 1. The zero-order valence-electron chi connectivity index (χ0n) is 7.98. The molecule has 7 heteroatoms. The average Bonchev–Trinajstić information content (AvgIpc) is 2.57. The maximum Gasteiger partial charge on any atom is 0.238 e. The number of hydrogen-bond donors (Lipinski definition) is 3. The zero-order valence-corrected chi connectivity index (χ0v) is 8.80. The van der Waals surface area contributed by atoms with Gasteiger partial charge in [-0.1, -0.05) is 0 Å². The quantitative estimate of drug-likeness (QED) is 0.683. The van der Waals surface area contributed by atoms with E-state index in [1.807, 2.05) is 0 Å². The molecule has 0 spiro atoms. The highest BCUT2D eigenvalue weighted by atomic mass is 32.2. The predicted molar refractivity (Wildman–Crippen MR) is 57.0 cm³/mol. The first-order chi connectivity index (χ1) is 7.00. The van der Waals surface area contributed by atoms with Crippen LogP contribution < -0.4 is 10.5 Å². The normalized spacial score (nSPS) is 11.9. The van der Waals surface area contributed by atoms with Crippen molar-refractivity contribution < 1.29 is 8.42 Å². The fourth-order valence-electron chi connectivity index (χ4n) is 1.28. The Kier molecular flexibility index (Phi) is 2.13. The van der Waals surface area contributed by atoms with Crippen molar-refractivity contribution in [3.63, 3.8) is 0 Å². The Morgan fingerprint density at radius 1 is 1.47 bits per heavy atom. The maximum absolute atomic E-state index is 11.1. The van der Waals surface area contributed by atoms with Gasteiger partial charge in [-0.25, -0.2) is 18.5 Å². The van der Waals surface area contributed by atoms with Gasteiger partial charge >= 0.3 is 0 Å². The van der Waals surface area contributed by atoms with Crippen LogP contribution in [0.3, 0.4) is 0 Å². The molecule has 2 rings (SSSR count). The summed E-state index contributed by atoms with van der Waals surface area (Å²) >= 11 is 0. The third-order valence-corrected chi connectivity index (χ3v) is 2.93. The summed E-state index contributed by atoms with van der Waals surface area (Å²) in [6.45, 7) is 0. The van der Waals surface area contributed by atoms with E-state index < -0.39 is 10.0 Å². The molecule has 0 aliphatic heterocycles. The smallest absolute Gasteiger partial charge is 0.238 e. The van der Waals surface area contributed by atoms with E-state index in [1.54, 1.807) is 13.1 Å². The molecule has 0 unspecified atom stereocenters. The van der Waals surface area contributed by atoms with Crippen LogP contribution in [-0.2, 0) is 10.0 Å². The molecular weight excluding hydrogens is 216 g/mol. The van der Waals surface area contributed by atoms with Gasteiger partial charge in [0, 0.05) is 7.05 Å². The van der Waals surface area contributed by atoms with Gasteiger partial charge in [0.1, 0.15) is 0 Å². The number of fused-ring (bicyclic) bond motifs is 1. The number of hydrogen-bond acceptors (Lipinski definition) is 4. The SMILES string of the molecule is CNc1nc2ccc(S(N)(=O)=O)cc2[nH]1. The Bertz CT molecular complexity index is 602. The minimum absolute atomic E-state index is 0.0707. The maximum atomic E-state index is 11.1. The van der Waals surface area contributed by atoms with Crippen LogP contribution in [0.25, 0.3) is 11.0 Å². The summed E-state index contributed by atoms with van der Waals surface area (Å²) in [5, 5.41) is 7.84. The number of sulfonamides is 1. The van der Waals surface area contributed by atoms with Crippen molar-refractivity contribution in [1.82, 2.24) is 9.97 Å². The van der Waals surface area contributed by atoms with Crippen molar-refractivity contribution in [3.05, 3.63) is 18.2 Å². The van der Waals surface area contributed by atoms with Gasteiger partial charge < -0.3 is 10.3 Å². The fraction of sp³-hybridized carbons (Fsp3) is 0.125. The number of benzene rings is 1. The van der Waals surface area contributed by atoms with Crippen molar-refractivity contribution in [2.45, 2.75) is 4.90 Å². The fourth-order valence-corrected chi connectivity index (χ4v) is 1.82. The molecule has 0 bridgehead atoms. The Balaban J connectivity index is 2.66.